The number of ether oxygens (including phenoxy) is 3. The number of hydrogen-bond acceptors (Lipinski definition) is 4. The SMILES string of the molecule is COCCCCOc1ccc(C2C=CC(C(=O)OC)=CC2)cc1. The number of carbonyl (C=O) groups is 1. The molecule has 0 saturated carbocycles. The minimum absolute atomic E-state index is 0.281. The van der Waals surface area contributed by atoms with Crippen molar-refractivity contribution in [3.63, 3.8) is 0 Å². The summed E-state index contributed by atoms with van der Waals surface area (Å²) < 4.78 is 15.4. The summed E-state index contributed by atoms with van der Waals surface area (Å²) in [4.78, 5) is 11.5. The van der Waals surface area contributed by atoms with E-state index >= 15 is 0 Å². The minimum Gasteiger partial charge on any atom is -0.494 e. The fraction of sp³-hybridized carbons (Fsp3) is 0.421. The zero-order chi connectivity index (χ0) is 16.5. The van der Waals surface area contributed by atoms with Crippen molar-refractivity contribution in [2.45, 2.75) is 25.2 Å². The van der Waals surface area contributed by atoms with Crippen molar-refractivity contribution in [1.29, 1.82) is 0 Å². The van der Waals surface area contributed by atoms with Crippen LogP contribution in [0, 0.1) is 0 Å². The summed E-state index contributed by atoms with van der Waals surface area (Å²) in [5.74, 6) is 0.896. The monoisotopic (exact) mass is 316 g/mol. The Balaban J connectivity index is 1.83. The molecule has 124 valence electrons. The van der Waals surface area contributed by atoms with Gasteiger partial charge in [0.15, 0.2) is 0 Å². The lowest BCUT2D eigenvalue weighted by Gasteiger charge is -2.16. The molecule has 1 aromatic rings. The molecule has 0 aliphatic heterocycles. The van der Waals surface area contributed by atoms with Crippen molar-refractivity contribution in [3.8, 4) is 5.75 Å². The topological polar surface area (TPSA) is 44.8 Å². The smallest absolute Gasteiger partial charge is 0.337 e. The van der Waals surface area contributed by atoms with Gasteiger partial charge in [-0.15, -0.1) is 0 Å². The second kappa shape index (κ2) is 9.16. The summed E-state index contributed by atoms with van der Waals surface area (Å²) in [7, 11) is 3.11. The number of benzene rings is 1. The van der Waals surface area contributed by atoms with Gasteiger partial charge in [-0.05, 0) is 37.0 Å². The van der Waals surface area contributed by atoms with Crippen LogP contribution in [0.4, 0.5) is 0 Å². The lowest BCUT2D eigenvalue weighted by atomic mass is 9.90. The third kappa shape index (κ3) is 5.25. The van der Waals surface area contributed by atoms with Crippen molar-refractivity contribution in [3.05, 3.63) is 53.6 Å². The van der Waals surface area contributed by atoms with Crippen LogP contribution in [-0.2, 0) is 14.3 Å². The standard InChI is InChI=1S/C19H24O4/c1-21-13-3-4-14-23-18-11-9-16(10-12-18)15-5-7-17(8-6-15)19(20)22-2/h5,7-12,15H,3-4,6,13-14H2,1-2H3. The van der Waals surface area contributed by atoms with Gasteiger partial charge in [0.2, 0.25) is 0 Å². The highest BCUT2D eigenvalue weighted by molar-refractivity contribution is 5.91. The summed E-state index contributed by atoms with van der Waals surface area (Å²) in [6, 6.07) is 8.16. The summed E-state index contributed by atoms with van der Waals surface area (Å²) >= 11 is 0. The summed E-state index contributed by atoms with van der Waals surface area (Å²) in [6.45, 7) is 1.48. The van der Waals surface area contributed by atoms with Crippen molar-refractivity contribution < 1.29 is 19.0 Å². The molecule has 4 nitrogen and oxygen atoms in total. The first-order valence-corrected chi connectivity index (χ1v) is 7.93. The lowest BCUT2D eigenvalue weighted by molar-refractivity contribution is -0.135. The summed E-state index contributed by atoms with van der Waals surface area (Å²) in [6.07, 6.45) is 8.61. The minimum atomic E-state index is -0.281. The van der Waals surface area contributed by atoms with Crippen molar-refractivity contribution in [2.75, 3.05) is 27.4 Å². The van der Waals surface area contributed by atoms with Crippen molar-refractivity contribution >= 4 is 5.97 Å². The van der Waals surface area contributed by atoms with Gasteiger partial charge in [-0.1, -0.05) is 30.4 Å². The first-order valence-electron chi connectivity index (χ1n) is 7.93. The Kier molecular flexibility index (Phi) is 6.88. The van der Waals surface area contributed by atoms with Crippen molar-refractivity contribution in [2.24, 2.45) is 0 Å². The van der Waals surface area contributed by atoms with Crippen LogP contribution < -0.4 is 4.74 Å². The molecule has 0 bridgehead atoms. The van der Waals surface area contributed by atoms with E-state index in [1.807, 2.05) is 30.4 Å². The lowest BCUT2D eigenvalue weighted by Crippen LogP contribution is -2.07. The van der Waals surface area contributed by atoms with Gasteiger partial charge >= 0.3 is 5.97 Å². The van der Waals surface area contributed by atoms with Crippen LogP contribution in [0.3, 0.4) is 0 Å². The average Bonchev–Trinajstić information content (AvgIpc) is 2.61. The normalized spacial score (nSPS) is 16.8. The van der Waals surface area contributed by atoms with Gasteiger partial charge in [0.25, 0.3) is 0 Å². The molecule has 4 heteroatoms. The van der Waals surface area contributed by atoms with Gasteiger partial charge in [0.05, 0.1) is 19.3 Å². The van der Waals surface area contributed by atoms with Crippen LogP contribution in [0.1, 0.15) is 30.7 Å². The van der Waals surface area contributed by atoms with E-state index in [9.17, 15) is 4.79 Å². The third-order valence-corrected chi connectivity index (χ3v) is 3.84. The Morgan fingerprint density at radius 3 is 2.48 bits per heavy atom. The molecule has 1 aromatic carbocycles. The highest BCUT2D eigenvalue weighted by Gasteiger charge is 2.15. The Bertz CT molecular complexity index is 557. The van der Waals surface area contributed by atoms with Gasteiger partial charge in [-0.3, -0.25) is 0 Å². The molecule has 0 N–H and O–H groups in total. The van der Waals surface area contributed by atoms with E-state index in [-0.39, 0.29) is 5.97 Å². The zero-order valence-corrected chi connectivity index (χ0v) is 13.8. The van der Waals surface area contributed by atoms with Crippen LogP contribution in [0.25, 0.3) is 0 Å². The van der Waals surface area contributed by atoms with E-state index < -0.39 is 0 Å². The maximum absolute atomic E-state index is 11.5. The number of hydrogen-bond donors (Lipinski definition) is 0. The van der Waals surface area contributed by atoms with E-state index in [0.717, 1.165) is 31.6 Å². The Morgan fingerprint density at radius 1 is 1.13 bits per heavy atom. The molecule has 0 amide bonds. The van der Waals surface area contributed by atoms with Gasteiger partial charge in [-0.25, -0.2) is 4.79 Å². The summed E-state index contributed by atoms with van der Waals surface area (Å²) in [5, 5.41) is 0. The highest BCUT2D eigenvalue weighted by Crippen LogP contribution is 2.28. The molecule has 1 unspecified atom stereocenters. The second-order valence-corrected chi connectivity index (χ2v) is 5.47. The maximum atomic E-state index is 11.5. The number of carbonyl (C=O) groups excluding carboxylic acids is 1. The number of methoxy groups -OCH3 is 2. The quantitative estimate of drug-likeness (QED) is 0.542. The molecule has 0 spiro atoms. The van der Waals surface area contributed by atoms with Gasteiger partial charge in [0.1, 0.15) is 5.75 Å². The van der Waals surface area contributed by atoms with Gasteiger partial charge in [0, 0.05) is 19.6 Å². The first-order chi connectivity index (χ1) is 11.2. The maximum Gasteiger partial charge on any atom is 0.337 e. The van der Waals surface area contributed by atoms with E-state index in [0.29, 0.717) is 18.1 Å². The Hall–Kier alpha value is -2.07. The van der Waals surface area contributed by atoms with E-state index in [1.165, 1.54) is 12.7 Å². The molecule has 2 rings (SSSR count). The fourth-order valence-corrected chi connectivity index (χ4v) is 2.49. The summed E-state index contributed by atoms with van der Waals surface area (Å²) in [5.41, 5.74) is 1.84. The molecule has 1 aliphatic carbocycles. The number of rotatable bonds is 8. The number of esters is 1. The zero-order valence-electron chi connectivity index (χ0n) is 13.8. The van der Waals surface area contributed by atoms with Crippen LogP contribution in [0.5, 0.6) is 5.75 Å². The molecule has 0 saturated heterocycles. The van der Waals surface area contributed by atoms with Crippen molar-refractivity contribution in [1.82, 2.24) is 0 Å². The van der Waals surface area contributed by atoms with E-state index in [2.05, 4.69) is 12.1 Å². The average molecular weight is 316 g/mol. The number of allylic oxidation sites excluding steroid dienone is 2. The first kappa shape index (κ1) is 17.3. The van der Waals surface area contributed by atoms with Crippen LogP contribution in [0.15, 0.2) is 48.1 Å². The van der Waals surface area contributed by atoms with E-state index in [1.54, 1.807) is 7.11 Å². The molecule has 23 heavy (non-hydrogen) atoms. The second-order valence-electron chi connectivity index (χ2n) is 5.47. The molecular formula is C19H24O4. The highest BCUT2D eigenvalue weighted by atomic mass is 16.5. The Morgan fingerprint density at radius 2 is 1.87 bits per heavy atom. The predicted octanol–water partition coefficient (Wildman–Crippen LogP) is 3.63. The van der Waals surface area contributed by atoms with Crippen LogP contribution in [-0.4, -0.2) is 33.4 Å². The predicted molar refractivity (Wildman–Crippen MR) is 89.6 cm³/mol. The molecule has 1 atom stereocenters. The number of unbranched alkanes of at least 4 members (excludes halogenated alkanes) is 1. The van der Waals surface area contributed by atoms with Gasteiger partial charge < -0.3 is 14.2 Å². The van der Waals surface area contributed by atoms with Crippen LogP contribution in [0.2, 0.25) is 0 Å². The fourth-order valence-electron chi connectivity index (χ4n) is 2.49. The van der Waals surface area contributed by atoms with Gasteiger partial charge in [-0.2, -0.15) is 0 Å². The molecule has 0 heterocycles. The molecule has 0 aromatic heterocycles. The molecule has 0 fully saturated rings. The largest absolute Gasteiger partial charge is 0.494 e. The molecule has 0 radical (unpaired) electrons. The Labute approximate surface area is 137 Å². The third-order valence-electron chi connectivity index (χ3n) is 3.84. The molecule has 1 aliphatic rings. The van der Waals surface area contributed by atoms with E-state index in [4.69, 9.17) is 14.2 Å². The van der Waals surface area contributed by atoms with Crippen LogP contribution >= 0.6 is 0 Å². The molecular weight excluding hydrogens is 292 g/mol.